The molecule has 2 unspecified atom stereocenters. The van der Waals surface area contributed by atoms with Gasteiger partial charge in [-0.05, 0) is 49.9 Å². The van der Waals surface area contributed by atoms with Gasteiger partial charge in [-0.15, -0.1) is 0 Å². The molecule has 2 atom stereocenters. The summed E-state index contributed by atoms with van der Waals surface area (Å²) in [5.74, 6) is 0.362. The van der Waals surface area contributed by atoms with Crippen molar-refractivity contribution in [2.24, 2.45) is 11.7 Å². The average molecular weight is 294 g/mol. The molecule has 21 heavy (non-hydrogen) atoms. The maximum atomic E-state index is 13.6. The highest BCUT2D eigenvalue weighted by Crippen LogP contribution is 2.24. The molecule has 1 aliphatic heterocycles. The minimum absolute atomic E-state index is 0.120. The van der Waals surface area contributed by atoms with Crippen LogP contribution in [0.25, 0.3) is 0 Å². The summed E-state index contributed by atoms with van der Waals surface area (Å²) in [4.78, 5) is 14.2. The van der Waals surface area contributed by atoms with E-state index in [1.807, 2.05) is 4.90 Å². The SMILES string of the molecule is COc1ccc(CCC(=O)N2CC(CN)CC2C)cc1F. The predicted molar refractivity (Wildman–Crippen MR) is 79.6 cm³/mol. The van der Waals surface area contributed by atoms with E-state index < -0.39 is 0 Å². The number of hydrogen-bond donors (Lipinski definition) is 1. The molecular weight excluding hydrogens is 271 g/mol. The van der Waals surface area contributed by atoms with Crippen LogP contribution in [0.15, 0.2) is 18.2 Å². The molecule has 0 spiro atoms. The lowest BCUT2D eigenvalue weighted by molar-refractivity contribution is -0.131. The van der Waals surface area contributed by atoms with Crippen molar-refractivity contribution in [3.05, 3.63) is 29.6 Å². The summed E-state index contributed by atoms with van der Waals surface area (Å²) in [7, 11) is 1.43. The van der Waals surface area contributed by atoms with Crippen molar-refractivity contribution >= 4 is 5.91 Å². The smallest absolute Gasteiger partial charge is 0.223 e. The number of carbonyl (C=O) groups is 1. The van der Waals surface area contributed by atoms with Crippen LogP contribution in [0.1, 0.15) is 25.3 Å². The lowest BCUT2D eigenvalue weighted by atomic mass is 10.1. The molecule has 0 aromatic heterocycles. The normalized spacial score (nSPS) is 21.6. The van der Waals surface area contributed by atoms with E-state index in [0.717, 1.165) is 18.5 Å². The highest BCUT2D eigenvalue weighted by molar-refractivity contribution is 5.77. The van der Waals surface area contributed by atoms with Gasteiger partial charge in [0.15, 0.2) is 11.6 Å². The van der Waals surface area contributed by atoms with Gasteiger partial charge in [-0.3, -0.25) is 4.79 Å². The van der Waals surface area contributed by atoms with Crippen molar-refractivity contribution < 1.29 is 13.9 Å². The van der Waals surface area contributed by atoms with Crippen LogP contribution in [0.4, 0.5) is 4.39 Å². The van der Waals surface area contributed by atoms with E-state index in [2.05, 4.69) is 6.92 Å². The Hall–Kier alpha value is -1.62. The van der Waals surface area contributed by atoms with E-state index in [4.69, 9.17) is 10.5 Å². The molecule has 0 saturated carbocycles. The zero-order valence-corrected chi connectivity index (χ0v) is 12.6. The van der Waals surface area contributed by atoms with Gasteiger partial charge in [0.1, 0.15) is 0 Å². The molecule has 0 radical (unpaired) electrons. The van der Waals surface area contributed by atoms with Crippen molar-refractivity contribution in [3.8, 4) is 5.75 Å². The van der Waals surface area contributed by atoms with Crippen LogP contribution in [0, 0.1) is 11.7 Å². The van der Waals surface area contributed by atoms with E-state index in [0.29, 0.717) is 25.3 Å². The molecule has 1 aromatic rings. The van der Waals surface area contributed by atoms with Gasteiger partial charge < -0.3 is 15.4 Å². The number of aryl methyl sites for hydroxylation is 1. The number of halogens is 1. The zero-order chi connectivity index (χ0) is 15.4. The Bertz CT molecular complexity index is 507. The lowest BCUT2D eigenvalue weighted by Gasteiger charge is -2.21. The summed E-state index contributed by atoms with van der Waals surface area (Å²) < 4.78 is 18.5. The molecular formula is C16H23FN2O2. The van der Waals surface area contributed by atoms with Crippen LogP contribution in [0.2, 0.25) is 0 Å². The van der Waals surface area contributed by atoms with Gasteiger partial charge in [-0.2, -0.15) is 0 Å². The molecule has 0 aliphatic carbocycles. The van der Waals surface area contributed by atoms with Crippen LogP contribution in [0.3, 0.4) is 0 Å². The first-order valence-corrected chi connectivity index (χ1v) is 7.37. The molecule has 116 valence electrons. The number of carbonyl (C=O) groups excluding carboxylic acids is 1. The van der Waals surface area contributed by atoms with Crippen LogP contribution < -0.4 is 10.5 Å². The fraction of sp³-hybridized carbons (Fsp3) is 0.562. The summed E-state index contributed by atoms with van der Waals surface area (Å²) in [5.41, 5.74) is 6.49. The molecule has 5 heteroatoms. The highest BCUT2D eigenvalue weighted by atomic mass is 19.1. The molecule has 1 aromatic carbocycles. The number of nitrogens with zero attached hydrogens (tertiary/aromatic N) is 1. The molecule has 4 nitrogen and oxygen atoms in total. The molecule has 1 fully saturated rings. The largest absolute Gasteiger partial charge is 0.494 e. The lowest BCUT2D eigenvalue weighted by Crippen LogP contribution is -2.34. The van der Waals surface area contributed by atoms with Gasteiger partial charge in [-0.1, -0.05) is 6.07 Å². The van der Waals surface area contributed by atoms with Crippen molar-refractivity contribution in [3.63, 3.8) is 0 Å². The van der Waals surface area contributed by atoms with E-state index in [1.54, 1.807) is 12.1 Å². The van der Waals surface area contributed by atoms with Gasteiger partial charge >= 0.3 is 0 Å². The van der Waals surface area contributed by atoms with Crippen molar-refractivity contribution in [1.29, 1.82) is 0 Å². The second-order valence-corrected chi connectivity index (χ2v) is 5.70. The Morgan fingerprint density at radius 2 is 2.29 bits per heavy atom. The standard InChI is InChI=1S/C16H23FN2O2/c1-11-7-13(9-18)10-19(11)16(20)6-4-12-3-5-15(21-2)14(17)8-12/h3,5,8,11,13H,4,6-7,9-10,18H2,1-2H3. The quantitative estimate of drug-likeness (QED) is 0.903. The van der Waals surface area contributed by atoms with Crippen molar-refractivity contribution in [2.75, 3.05) is 20.2 Å². The van der Waals surface area contributed by atoms with E-state index >= 15 is 0 Å². The van der Waals surface area contributed by atoms with Gasteiger partial charge in [0.05, 0.1) is 7.11 Å². The fourth-order valence-corrected chi connectivity index (χ4v) is 2.92. The summed E-state index contributed by atoms with van der Waals surface area (Å²) in [6.45, 7) is 3.42. The number of hydrogen-bond acceptors (Lipinski definition) is 3. The van der Waals surface area contributed by atoms with Crippen LogP contribution in [-0.4, -0.2) is 37.0 Å². The first-order valence-electron chi connectivity index (χ1n) is 7.37. The fourth-order valence-electron chi connectivity index (χ4n) is 2.92. The summed E-state index contributed by atoms with van der Waals surface area (Å²) in [6.07, 6.45) is 1.91. The van der Waals surface area contributed by atoms with Crippen LogP contribution >= 0.6 is 0 Å². The first kappa shape index (κ1) is 15.8. The Labute approximate surface area is 125 Å². The van der Waals surface area contributed by atoms with Crippen LogP contribution in [0.5, 0.6) is 5.75 Å². The number of nitrogens with two attached hydrogens (primary N) is 1. The molecule has 0 bridgehead atoms. The number of amides is 1. The maximum Gasteiger partial charge on any atom is 0.223 e. The van der Waals surface area contributed by atoms with E-state index in [-0.39, 0.29) is 23.5 Å². The van der Waals surface area contributed by atoms with Gasteiger partial charge in [0, 0.05) is 19.0 Å². The predicted octanol–water partition coefficient (Wildman–Crippen LogP) is 1.96. The molecule has 1 amide bonds. The summed E-state index contributed by atoms with van der Waals surface area (Å²) in [5, 5.41) is 0. The number of rotatable bonds is 5. The third-order valence-electron chi connectivity index (χ3n) is 4.16. The highest BCUT2D eigenvalue weighted by Gasteiger charge is 2.31. The second kappa shape index (κ2) is 6.89. The second-order valence-electron chi connectivity index (χ2n) is 5.70. The number of likely N-dealkylation sites (tertiary alicyclic amines) is 1. The number of benzene rings is 1. The Morgan fingerprint density at radius 3 is 2.86 bits per heavy atom. The molecule has 1 aliphatic rings. The summed E-state index contributed by atoms with van der Waals surface area (Å²) in [6, 6.07) is 5.07. The van der Waals surface area contributed by atoms with Gasteiger partial charge in [-0.25, -0.2) is 4.39 Å². The molecule has 2 rings (SSSR count). The molecule has 2 N–H and O–H groups in total. The third kappa shape index (κ3) is 3.73. The van der Waals surface area contributed by atoms with Gasteiger partial charge in [0.2, 0.25) is 5.91 Å². The maximum absolute atomic E-state index is 13.6. The minimum atomic E-state index is -0.389. The van der Waals surface area contributed by atoms with E-state index in [1.165, 1.54) is 13.2 Å². The third-order valence-corrected chi connectivity index (χ3v) is 4.16. The Kier molecular flexibility index (Phi) is 5.17. The summed E-state index contributed by atoms with van der Waals surface area (Å²) >= 11 is 0. The Morgan fingerprint density at radius 1 is 1.52 bits per heavy atom. The van der Waals surface area contributed by atoms with Crippen molar-refractivity contribution in [1.82, 2.24) is 4.90 Å². The van der Waals surface area contributed by atoms with Crippen molar-refractivity contribution in [2.45, 2.75) is 32.2 Å². The average Bonchev–Trinajstić information content (AvgIpc) is 2.86. The van der Waals surface area contributed by atoms with Crippen LogP contribution in [-0.2, 0) is 11.2 Å². The molecule has 1 heterocycles. The number of ether oxygens (including phenoxy) is 1. The monoisotopic (exact) mass is 294 g/mol. The molecule has 1 saturated heterocycles. The minimum Gasteiger partial charge on any atom is -0.494 e. The van der Waals surface area contributed by atoms with E-state index in [9.17, 15) is 9.18 Å². The van der Waals surface area contributed by atoms with Gasteiger partial charge in [0.25, 0.3) is 0 Å². The Balaban J connectivity index is 1.91. The zero-order valence-electron chi connectivity index (χ0n) is 12.6. The first-order chi connectivity index (χ1) is 10.0. The number of methoxy groups -OCH3 is 1. The topological polar surface area (TPSA) is 55.6 Å².